The van der Waals surface area contributed by atoms with Crippen LogP contribution in [0.3, 0.4) is 0 Å². The minimum Gasteiger partial charge on any atom is -0.376 e. The largest absolute Gasteiger partial charge is 0.376 e. The van der Waals surface area contributed by atoms with Crippen molar-refractivity contribution in [3.05, 3.63) is 63.3 Å². The Balaban J connectivity index is 1.50. The van der Waals surface area contributed by atoms with Gasteiger partial charge in [0.2, 0.25) is 0 Å². The van der Waals surface area contributed by atoms with E-state index in [9.17, 15) is 13.2 Å². The maximum atomic E-state index is 12.7. The third-order valence-electron chi connectivity index (χ3n) is 4.57. The van der Waals surface area contributed by atoms with Gasteiger partial charge in [0.15, 0.2) is 0 Å². The molecule has 3 aromatic rings. The Morgan fingerprint density at radius 1 is 1.17 bits per heavy atom. The highest BCUT2D eigenvalue weighted by molar-refractivity contribution is 7.92. The first kappa shape index (κ1) is 20.9. The first-order chi connectivity index (χ1) is 14.3. The van der Waals surface area contributed by atoms with Crippen molar-refractivity contribution >= 4 is 38.9 Å². The maximum absolute atomic E-state index is 12.7. The summed E-state index contributed by atoms with van der Waals surface area (Å²) in [6, 6.07) is 5.64. The second kappa shape index (κ2) is 8.38. The predicted octanol–water partition coefficient (Wildman–Crippen LogP) is 2.72. The molecule has 1 fully saturated rings. The molecule has 158 valence electrons. The number of nitrogens with one attached hydrogen (secondary N) is 1. The number of halogens is 2. The van der Waals surface area contributed by atoms with E-state index >= 15 is 0 Å². The first-order valence-electron chi connectivity index (χ1n) is 9.04. The summed E-state index contributed by atoms with van der Waals surface area (Å²) in [6.45, 7) is 1.31. The summed E-state index contributed by atoms with van der Waals surface area (Å²) in [5.41, 5.74) is 0.0953. The van der Waals surface area contributed by atoms with Gasteiger partial charge in [-0.3, -0.25) is 14.2 Å². The van der Waals surface area contributed by atoms with Gasteiger partial charge >= 0.3 is 0 Å². The van der Waals surface area contributed by atoms with Gasteiger partial charge in [-0.1, -0.05) is 23.2 Å². The lowest BCUT2D eigenvalue weighted by molar-refractivity contribution is 0.0940. The van der Waals surface area contributed by atoms with Crippen molar-refractivity contribution in [2.45, 2.75) is 30.4 Å². The number of ether oxygens (including phenoxy) is 1. The van der Waals surface area contributed by atoms with Gasteiger partial charge < -0.3 is 4.74 Å². The summed E-state index contributed by atoms with van der Waals surface area (Å²) in [5.74, 6) is 0. The summed E-state index contributed by atoms with van der Waals surface area (Å²) < 4.78 is 36.1. The van der Waals surface area contributed by atoms with Crippen LogP contribution < -0.4 is 10.3 Å². The predicted molar refractivity (Wildman–Crippen MR) is 112 cm³/mol. The van der Waals surface area contributed by atoms with Crippen molar-refractivity contribution in [3.63, 3.8) is 0 Å². The molecule has 0 bridgehead atoms. The lowest BCUT2D eigenvalue weighted by Crippen LogP contribution is -2.21. The molecule has 0 aliphatic carbocycles. The molecule has 1 N–H and O–H groups in total. The van der Waals surface area contributed by atoms with E-state index in [1.807, 2.05) is 0 Å². The molecule has 30 heavy (non-hydrogen) atoms. The quantitative estimate of drug-likeness (QED) is 0.594. The fourth-order valence-electron chi connectivity index (χ4n) is 3.09. The van der Waals surface area contributed by atoms with Crippen molar-refractivity contribution in [3.8, 4) is 5.69 Å². The summed E-state index contributed by atoms with van der Waals surface area (Å²) >= 11 is 11.6. The fraction of sp³-hybridized carbons (Fsp3) is 0.278. The van der Waals surface area contributed by atoms with Crippen LogP contribution in [0.4, 0.5) is 5.69 Å². The number of sulfonamides is 1. The van der Waals surface area contributed by atoms with Gasteiger partial charge in [0.25, 0.3) is 15.6 Å². The van der Waals surface area contributed by atoms with E-state index < -0.39 is 15.6 Å². The summed E-state index contributed by atoms with van der Waals surface area (Å²) in [4.78, 5) is 12.2. The van der Waals surface area contributed by atoms with Gasteiger partial charge in [-0.15, -0.1) is 0 Å². The monoisotopic (exact) mass is 469 g/mol. The Morgan fingerprint density at radius 2 is 1.93 bits per heavy atom. The van der Waals surface area contributed by atoms with Gasteiger partial charge in [-0.25, -0.2) is 8.42 Å². The molecule has 4 rings (SSSR count). The van der Waals surface area contributed by atoms with Gasteiger partial charge in [0.05, 0.1) is 46.3 Å². The maximum Gasteiger partial charge on any atom is 0.291 e. The molecule has 1 aliphatic rings. The first-order valence-corrected chi connectivity index (χ1v) is 11.3. The molecule has 1 atom stereocenters. The SMILES string of the molecule is O=c1c(Cl)c(Cl)cnn1-c1ccc(S(=O)(=O)Nc2cnn(C[C@@H]3CCCO3)c2)cc1. The third-order valence-corrected chi connectivity index (χ3v) is 6.71. The second-order valence-electron chi connectivity index (χ2n) is 6.71. The molecule has 1 aromatic carbocycles. The van der Waals surface area contributed by atoms with E-state index in [-0.39, 0.29) is 21.0 Å². The number of benzene rings is 1. The van der Waals surface area contributed by atoms with Crippen LogP contribution in [0.1, 0.15) is 12.8 Å². The summed E-state index contributed by atoms with van der Waals surface area (Å²) in [5, 5.41) is 7.97. The number of anilines is 1. The topological polar surface area (TPSA) is 108 Å². The number of hydrogen-bond donors (Lipinski definition) is 1. The van der Waals surface area contributed by atoms with Crippen molar-refractivity contribution in [2.24, 2.45) is 0 Å². The van der Waals surface area contributed by atoms with Gasteiger partial charge in [-0.2, -0.15) is 14.9 Å². The molecule has 0 saturated carbocycles. The molecule has 9 nitrogen and oxygen atoms in total. The molecular formula is C18H17Cl2N5O4S. The smallest absolute Gasteiger partial charge is 0.291 e. The average molecular weight is 470 g/mol. The summed E-state index contributed by atoms with van der Waals surface area (Å²) in [7, 11) is -3.84. The third kappa shape index (κ3) is 4.36. The molecule has 0 amide bonds. The van der Waals surface area contributed by atoms with Crippen LogP contribution in [0.5, 0.6) is 0 Å². The van der Waals surface area contributed by atoms with E-state index in [0.29, 0.717) is 17.9 Å². The summed E-state index contributed by atoms with van der Waals surface area (Å²) in [6.07, 6.45) is 6.38. The molecule has 0 unspecified atom stereocenters. The van der Waals surface area contributed by atoms with Crippen LogP contribution in [0, 0.1) is 0 Å². The minimum atomic E-state index is -3.84. The Morgan fingerprint density at radius 3 is 2.63 bits per heavy atom. The zero-order valence-corrected chi connectivity index (χ0v) is 17.9. The molecule has 0 radical (unpaired) electrons. The number of rotatable bonds is 6. The van der Waals surface area contributed by atoms with E-state index in [0.717, 1.165) is 24.1 Å². The highest BCUT2D eigenvalue weighted by atomic mass is 35.5. The molecule has 3 heterocycles. The number of nitrogens with zero attached hydrogens (tertiary/aromatic N) is 4. The van der Waals surface area contributed by atoms with Crippen LogP contribution in [0.15, 0.2) is 52.5 Å². The van der Waals surface area contributed by atoms with Crippen molar-refractivity contribution in [2.75, 3.05) is 11.3 Å². The molecule has 12 heteroatoms. The number of aromatic nitrogens is 4. The van der Waals surface area contributed by atoms with Gasteiger partial charge in [0.1, 0.15) is 5.02 Å². The van der Waals surface area contributed by atoms with Crippen molar-refractivity contribution in [1.29, 1.82) is 0 Å². The Hall–Kier alpha value is -2.40. The van der Waals surface area contributed by atoms with E-state index in [2.05, 4.69) is 14.9 Å². The molecule has 0 spiro atoms. The molecule has 1 aliphatic heterocycles. The van der Waals surface area contributed by atoms with Crippen LogP contribution >= 0.6 is 23.2 Å². The van der Waals surface area contributed by atoms with Crippen molar-refractivity contribution < 1.29 is 13.2 Å². The van der Waals surface area contributed by atoms with Gasteiger partial charge in [-0.05, 0) is 37.1 Å². The lowest BCUT2D eigenvalue weighted by Gasteiger charge is -2.09. The second-order valence-corrected chi connectivity index (χ2v) is 9.18. The molecular weight excluding hydrogens is 453 g/mol. The Labute approximate surface area is 182 Å². The average Bonchev–Trinajstić information content (AvgIpc) is 3.39. The Bertz CT molecular complexity index is 1220. The lowest BCUT2D eigenvalue weighted by atomic mass is 10.2. The highest BCUT2D eigenvalue weighted by Crippen LogP contribution is 2.20. The normalized spacial score (nSPS) is 16.7. The number of hydrogen-bond acceptors (Lipinski definition) is 6. The Kier molecular flexibility index (Phi) is 5.83. The minimum absolute atomic E-state index is 0.0197. The zero-order chi connectivity index (χ0) is 21.3. The van der Waals surface area contributed by atoms with Crippen molar-refractivity contribution in [1.82, 2.24) is 19.6 Å². The highest BCUT2D eigenvalue weighted by Gasteiger charge is 2.19. The van der Waals surface area contributed by atoms with Crippen LogP contribution in [0.2, 0.25) is 10.0 Å². The van der Waals surface area contributed by atoms with Gasteiger partial charge in [0, 0.05) is 12.8 Å². The fourth-order valence-corrected chi connectivity index (χ4v) is 4.37. The van der Waals surface area contributed by atoms with E-state index in [1.54, 1.807) is 10.9 Å². The zero-order valence-electron chi connectivity index (χ0n) is 15.5. The molecule has 1 saturated heterocycles. The molecule has 2 aromatic heterocycles. The van der Waals surface area contributed by atoms with E-state index in [4.69, 9.17) is 27.9 Å². The van der Waals surface area contributed by atoms with E-state index in [1.165, 1.54) is 36.7 Å². The van der Waals surface area contributed by atoms with Crippen LogP contribution in [-0.2, 0) is 21.3 Å². The van der Waals surface area contributed by atoms with Crippen LogP contribution in [-0.4, -0.2) is 40.7 Å². The standard InChI is InChI=1S/C18H17Cl2N5O4S/c19-16-9-22-25(18(26)17(16)20)13-3-5-15(6-4-13)30(27,28)23-12-8-21-24(10-12)11-14-2-1-7-29-14/h3-6,8-10,14,23H,1-2,7,11H2/t14-/m0/s1. The van der Waals surface area contributed by atoms with Crippen LogP contribution in [0.25, 0.3) is 5.69 Å².